The molecular formula is C20H26N2O. The highest BCUT2D eigenvalue weighted by Gasteiger charge is 2.28. The van der Waals surface area contributed by atoms with Crippen LogP contribution in [-0.4, -0.2) is 29.9 Å². The number of amides is 1. The number of carbonyl (C=O) groups excluding carboxylic acids is 1. The predicted octanol–water partition coefficient (Wildman–Crippen LogP) is 4.14. The predicted molar refractivity (Wildman–Crippen MR) is 96.6 cm³/mol. The number of carbonyl (C=O) groups is 1. The van der Waals surface area contributed by atoms with Gasteiger partial charge in [0, 0.05) is 24.2 Å². The molecule has 1 heterocycles. The molecule has 1 aliphatic heterocycles. The monoisotopic (exact) mass is 310 g/mol. The van der Waals surface area contributed by atoms with Crippen LogP contribution in [0.2, 0.25) is 0 Å². The van der Waals surface area contributed by atoms with Gasteiger partial charge in [-0.2, -0.15) is 0 Å². The van der Waals surface area contributed by atoms with Crippen molar-refractivity contribution in [3.05, 3.63) is 42.5 Å². The minimum atomic E-state index is -0.0980. The molecular weight excluding hydrogens is 284 g/mol. The summed E-state index contributed by atoms with van der Waals surface area (Å²) in [6, 6.07) is 14.1. The van der Waals surface area contributed by atoms with Gasteiger partial charge in [-0.25, -0.2) is 0 Å². The van der Waals surface area contributed by atoms with Gasteiger partial charge in [0.05, 0.1) is 6.04 Å². The van der Waals surface area contributed by atoms with Crippen molar-refractivity contribution in [1.82, 2.24) is 4.90 Å². The number of benzene rings is 2. The van der Waals surface area contributed by atoms with E-state index in [1.165, 1.54) is 6.42 Å². The normalized spacial score (nSPS) is 23.6. The lowest BCUT2D eigenvalue weighted by Gasteiger charge is -2.38. The first kappa shape index (κ1) is 16.0. The maximum absolute atomic E-state index is 12.7. The van der Waals surface area contributed by atoms with Crippen molar-refractivity contribution in [3.8, 4) is 0 Å². The zero-order valence-electron chi connectivity index (χ0n) is 14.3. The molecule has 3 nitrogen and oxygen atoms in total. The summed E-state index contributed by atoms with van der Waals surface area (Å²) in [4.78, 5) is 15.0. The van der Waals surface area contributed by atoms with Gasteiger partial charge in [0.1, 0.15) is 0 Å². The topological polar surface area (TPSA) is 32.3 Å². The Morgan fingerprint density at radius 1 is 1.09 bits per heavy atom. The summed E-state index contributed by atoms with van der Waals surface area (Å²) in [7, 11) is 0. The molecule has 1 N–H and O–H groups in total. The molecule has 0 bridgehead atoms. The summed E-state index contributed by atoms with van der Waals surface area (Å²) >= 11 is 0. The van der Waals surface area contributed by atoms with Gasteiger partial charge < -0.3 is 5.32 Å². The van der Waals surface area contributed by atoms with Crippen LogP contribution in [0, 0.1) is 11.8 Å². The first-order valence-electron chi connectivity index (χ1n) is 8.57. The molecule has 122 valence electrons. The fourth-order valence-electron chi connectivity index (χ4n) is 3.76. The lowest BCUT2D eigenvalue weighted by atomic mass is 9.91. The Morgan fingerprint density at radius 3 is 2.48 bits per heavy atom. The largest absolute Gasteiger partial charge is 0.324 e. The van der Waals surface area contributed by atoms with Gasteiger partial charge in [-0.05, 0) is 36.6 Å². The van der Waals surface area contributed by atoms with Crippen LogP contribution in [0.5, 0.6) is 0 Å². The maximum atomic E-state index is 12.7. The van der Waals surface area contributed by atoms with E-state index in [1.54, 1.807) is 0 Å². The molecule has 2 aromatic carbocycles. The van der Waals surface area contributed by atoms with E-state index >= 15 is 0 Å². The Hall–Kier alpha value is -1.87. The van der Waals surface area contributed by atoms with Crippen LogP contribution in [0.3, 0.4) is 0 Å². The quantitative estimate of drug-likeness (QED) is 0.924. The molecule has 1 saturated heterocycles. The molecule has 0 aliphatic carbocycles. The molecule has 1 amide bonds. The van der Waals surface area contributed by atoms with Crippen molar-refractivity contribution in [2.24, 2.45) is 11.8 Å². The van der Waals surface area contributed by atoms with Gasteiger partial charge >= 0.3 is 0 Å². The highest BCUT2D eigenvalue weighted by molar-refractivity contribution is 6.03. The van der Waals surface area contributed by atoms with E-state index in [1.807, 2.05) is 31.2 Å². The smallest absolute Gasteiger partial charge is 0.241 e. The van der Waals surface area contributed by atoms with Crippen LogP contribution in [0.15, 0.2) is 42.5 Å². The maximum Gasteiger partial charge on any atom is 0.241 e. The van der Waals surface area contributed by atoms with E-state index in [4.69, 9.17) is 0 Å². The Bertz CT molecular complexity index is 682. The third-order valence-corrected chi connectivity index (χ3v) is 4.87. The van der Waals surface area contributed by atoms with E-state index < -0.39 is 0 Å². The zero-order chi connectivity index (χ0) is 16.4. The molecule has 23 heavy (non-hydrogen) atoms. The number of nitrogens with zero attached hydrogens (tertiary/aromatic N) is 1. The SMILES string of the molecule is C[C@@H]1C[C@H](C)CN([C@@H](C)C(=O)Nc2cccc3ccccc23)C1. The van der Waals surface area contributed by atoms with Crippen LogP contribution >= 0.6 is 0 Å². The molecule has 1 aliphatic rings. The third kappa shape index (κ3) is 3.56. The fraction of sp³-hybridized carbons (Fsp3) is 0.450. The summed E-state index contributed by atoms with van der Waals surface area (Å²) < 4.78 is 0. The van der Waals surface area contributed by atoms with Crippen LogP contribution in [0.1, 0.15) is 27.2 Å². The van der Waals surface area contributed by atoms with E-state index in [-0.39, 0.29) is 11.9 Å². The van der Waals surface area contributed by atoms with E-state index in [0.717, 1.165) is 29.5 Å². The van der Waals surface area contributed by atoms with Gasteiger partial charge in [0.25, 0.3) is 0 Å². The van der Waals surface area contributed by atoms with E-state index in [0.29, 0.717) is 11.8 Å². The van der Waals surface area contributed by atoms with Crippen molar-refractivity contribution >= 4 is 22.4 Å². The van der Waals surface area contributed by atoms with Crippen molar-refractivity contribution < 1.29 is 4.79 Å². The molecule has 0 radical (unpaired) electrons. The Kier molecular flexibility index (Phi) is 4.67. The lowest BCUT2D eigenvalue weighted by Crippen LogP contribution is -2.48. The van der Waals surface area contributed by atoms with Crippen LogP contribution in [-0.2, 0) is 4.79 Å². The van der Waals surface area contributed by atoms with Crippen LogP contribution in [0.25, 0.3) is 10.8 Å². The van der Waals surface area contributed by atoms with Gasteiger partial charge in [-0.15, -0.1) is 0 Å². The number of hydrogen-bond acceptors (Lipinski definition) is 2. The molecule has 0 saturated carbocycles. The minimum absolute atomic E-state index is 0.0858. The summed E-state index contributed by atoms with van der Waals surface area (Å²) in [5.41, 5.74) is 0.901. The number of likely N-dealkylation sites (tertiary alicyclic amines) is 1. The summed E-state index contributed by atoms with van der Waals surface area (Å²) in [6.45, 7) is 8.59. The summed E-state index contributed by atoms with van der Waals surface area (Å²) in [6.07, 6.45) is 1.26. The van der Waals surface area contributed by atoms with E-state index in [9.17, 15) is 4.79 Å². The number of fused-ring (bicyclic) bond motifs is 1. The van der Waals surface area contributed by atoms with Gasteiger partial charge in [-0.1, -0.05) is 50.2 Å². The van der Waals surface area contributed by atoms with Crippen molar-refractivity contribution in [3.63, 3.8) is 0 Å². The molecule has 1 fully saturated rings. The number of anilines is 1. The number of rotatable bonds is 3. The molecule has 3 heteroatoms. The molecule has 3 atom stereocenters. The third-order valence-electron chi connectivity index (χ3n) is 4.87. The lowest BCUT2D eigenvalue weighted by molar-refractivity contribution is -0.121. The summed E-state index contributed by atoms with van der Waals surface area (Å²) in [5.74, 6) is 1.40. The zero-order valence-corrected chi connectivity index (χ0v) is 14.3. The Balaban J connectivity index is 1.75. The highest BCUT2D eigenvalue weighted by atomic mass is 16.2. The highest BCUT2D eigenvalue weighted by Crippen LogP contribution is 2.25. The number of hydrogen-bond donors (Lipinski definition) is 1. The molecule has 2 aromatic rings. The number of nitrogens with one attached hydrogen (secondary N) is 1. The van der Waals surface area contributed by atoms with Crippen LogP contribution in [0.4, 0.5) is 5.69 Å². The minimum Gasteiger partial charge on any atom is -0.324 e. The fourth-order valence-corrected chi connectivity index (χ4v) is 3.76. The average molecular weight is 310 g/mol. The standard InChI is InChI=1S/C20H26N2O/c1-14-11-15(2)13-22(12-14)16(3)20(23)21-19-10-6-8-17-7-4-5-9-18(17)19/h4-10,14-16H,11-13H2,1-3H3,(H,21,23)/t14-,15+,16-/m0/s1. The van der Waals surface area contributed by atoms with Gasteiger partial charge in [-0.3, -0.25) is 9.69 Å². The molecule has 0 aromatic heterocycles. The first-order chi connectivity index (χ1) is 11.0. The van der Waals surface area contributed by atoms with Crippen molar-refractivity contribution in [2.45, 2.75) is 33.2 Å². The average Bonchev–Trinajstić information content (AvgIpc) is 2.53. The molecule has 0 unspecified atom stereocenters. The second-order valence-corrected chi connectivity index (χ2v) is 7.09. The first-order valence-corrected chi connectivity index (χ1v) is 8.57. The Labute approximate surface area is 138 Å². The van der Waals surface area contributed by atoms with Crippen molar-refractivity contribution in [1.29, 1.82) is 0 Å². The molecule has 3 rings (SSSR count). The van der Waals surface area contributed by atoms with Gasteiger partial charge in [0.15, 0.2) is 0 Å². The second-order valence-electron chi connectivity index (χ2n) is 7.09. The van der Waals surface area contributed by atoms with E-state index in [2.05, 4.69) is 42.3 Å². The molecule has 0 spiro atoms. The summed E-state index contributed by atoms with van der Waals surface area (Å²) in [5, 5.41) is 5.38. The second kappa shape index (κ2) is 6.71. The Morgan fingerprint density at radius 2 is 1.74 bits per heavy atom. The number of piperidine rings is 1. The van der Waals surface area contributed by atoms with Crippen molar-refractivity contribution in [2.75, 3.05) is 18.4 Å². The van der Waals surface area contributed by atoms with Crippen LogP contribution < -0.4 is 5.32 Å². The van der Waals surface area contributed by atoms with Gasteiger partial charge in [0.2, 0.25) is 5.91 Å².